The fourth-order valence-corrected chi connectivity index (χ4v) is 2.54. The smallest absolute Gasteiger partial charge is 0.226 e. The second-order valence-electron chi connectivity index (χ2n) is 5.75. The fraction of sp³-hybridized carbons (Fsp3) is 0.333. The molecule has 0 aliphatic heterocycles. The number of benzene rings is 1. The number of aromatic nitrogens is 1. The molecule has 0 saturated carbocycles. The van der Waals surface area contributed by atoms with Crippen molar-refractivity contribution in [3.63, 3.8) is 0 Å². The standard InChI is InChI=1S/C18H21F2N3O2/c1-23(2)15(18-12(19)6-4-7-13(18)20)11-22-17(24)10-14-16(25-3)8-5-9-21-14/h4-9,15H,10-11H2,1-3H3,(H,22,24). The molecular weight excluding hydrogens is 328 g/mol. The number of halogens is 2. The molecule has 0 fully saturated rings. The maximum absolute atomic E-state index is 14.0. The Bertz CT molecular complexity index is 718. The van der Waals surface area contributed by atoms with Gasteiger partial charge in [0, 0.05) is 18.3 Å². The molecule has 134 valence electrons. The Hall–Kier alpha value is -2.54. The van der Waals surface area contributed by atoms with Crippen molar-refractivity contribution in [2.24, 2.45) is 0 Å². The minimum Gasteiger partial charge on any atom is -0.495 e. The molecule has 1 amide bonds. The number of hydrogen-bond acceptors (Lipinski definition) is 4. The molecule has 1 aromatic carbocycles. The summed E-state index contributed by atoms with van der Waals surface area (Å²) in [6.45, 7) is 0.0683. The lowest BCUT2D eigenvalue weighted by Crippen LogP contribution is -2.36. The van der Waals surface area contributed by atoms with E-state index in [1.165, 1.54) is 25.3 Å². The summed E-state index contributed by atoms with van der Waals surface area (Å²) in [5.74, 6) is -1.07. The zero-order valence-corrected chi connectivity index (χ0v) is 14.4. The number of amides is 1. The molecule has 2 aromatic rings. The van der Waals surface area contributed by atoms with Gasteiger partial charge in [0.15, 0.2) is 0 Å². The van der Waals surface area contributed by atoms with E-state index in [-0.39, 0.29) is 24.4 Å². The first-order valence-corrected chi connectivity index (χ1v) is 7.79. The van der Waals surface area contributed by atoms with Gasteiger partial charge in [0.05, 0.1) is 25.3 Å². The first-order valence-electron chi connectivity index (χ1n) is 7.79. The molecule has 5 nitrogen and oxygen atoms in total. The second kappa shape index (κ2) is 8.53. The lowest BCUT2D eigenvalue weighted by molar-refractivity contribution is -0.120. The average molecular weight is 349 g/mol. The Labute approximate surface area is 145 Å². The number of rotatable bonds is 7. The summed E-state index contributed by atoms with van der Waals surface area (Å²) in [6, 6.07) is 6.52. The summed E-state index contributed by atoms with van der Waals surface area (Å²) in [5, 5.41) is 2.71. The first kappa shape index (κ1) is 18.8. The van der Waals surface area contributed by atoms with Crippen LogP contribution < -0.4 is 10.1 Å². The third-order valence-corrected chi connectivity index (χ3v) is 3.85. The highest BCUT2D eigenvalue weighted by molar-refractivity contribution is 5.78. The van der Waals surface area contributed by atoms with Crippen molar-refractivity contribution >= 4 is 5.91 Å². The Balaban J connectivity index is 2.08. The Morgan fingerprint density at radius 3 is 2.52 bits per heavy atom. The van der Waals surface area contributed by atoms with E-state index in [0.29, 0.717) is 11.4 Å². The SMILES string of the molecule is COc1cccnc1CC(=O)NCC(c1c(F)cccc1F)N(C)C. The van der Waals surface area contributed by atoms with Crippen LogP contribution in [-0.2, 0) is 11.2 Å². The van der Waals surface area contributed by atoms with Crippen LogP contribution in [0.25, 0.3) is 0 Å². The number of pyridine rings is 1. The van der Waals surface area contributed by atoms with Gasteiger partial charge in [-0.25, -0.2) is 8.78 Å². The molecule has 0 bridgehead atoms. The molecule has 1 aromatic heterocycles. The third kappa shape index (κ3) is 4.73. The van der Waals surface area contributed by atoms with Crippen molar-refractivity contribution in [2.45, 2.75) is 12.5 Å². The molecule has 0 spiro atoms. The summed E-state index contributed by atoms with van der Waals surface area (Å²) < 4.78 is 33.2. The lowest BCUT2D eigenvalue weighted by Gasteiger charge is -2.25. The van der Waals surface area contributed by atoms with E-state index in [0.717, 1.165) is 0 Å². The Morgan fingerprint density at radius 2 is 1.92 bits per heavy atom. The van der Waals surface area contributed by atoms with Gasteiger partial charge in [-0.1, -0.05) is 6.07 Å². The van der Waals surface area contributed by atoms with E-state index < -0.39 is 17.7 Å². The van der Waals surface area contributed by atoms with Gasteiger partial charge in [-0.2, -0.15) is 0 Å². The number of nitrogens with one attached hydrogen (secondary N) is 1. The second-order valence-corrected chi connectivity index (χ2v) is 5.75. The van der Waals surface area contributed by atoms with Gasteiger partial charge in [0.2, 0.25) is 5.91 Å². The highest BCUT2D eigenvalue weighted by Crippen LogP contribution is 2.24. The molecule has 0 aliphatic carbocycles. The van der Waals surface area contributed by atoms with Gasteiger partial charge in [-0.3, -0.25) is 9.78 Å². The lowest BCUT2D eigenvalue weighted by atomic mass is 10.0. The maximum Gasteiger partial charge on any atom is 0.226 e. The van der Waals surface area contributed by atoms with Crippen molar-refractivity contribution in [1.29, 1.82) is 0 Å². The van der Waals surface area contributed by atoms with Crippen LogP contribution in [0.15, 0.2) is 36.5 Å². The Morgan fingerprint density at radius 1 is 1.24 bits per heavy atom. The molecule has 2 rings (SSSR count). The van der Waals surface area contributed by atoms with Crippen LogP contribution in [0.3, 0.4) is 0 Å². The monoisotopic (exact) mass is 349 g/mol. The Kier molecular flexibility index (Phi) is 6.41. The van der Waals surface area contributed by atoms with E-state index in [1.54, 1.807) is 37.3 Å². The quantitative estimate of drug-likeness (QED) is 0.834. The molecule has 1 atom stereocenters. The zero-order valence-electron chi connectivity index (χ0n) is 14.4. The summed E-state index contributed by atoms with van der Waals surface area (Å²) in [6.07, 6.45) is 1.59. The highest BCUT2D eigenvalue weighted by atomic mass is 19.1. The third-order valence-electron chi connectivity index (χ3n) is 3.85. The van der Waals surface area contributed by atoms with Gasteiger partial charge >= 0.3 is 0 Å². The van der Waals surface area contributed by atoms with E-state index in [1.807, 2.05) is 0 Å². The van der Waals surface area contributed by atoms with Crippen LogP contribution in [0, 0.1) is 11.6 Å². The summed E-state index contributed by atoms with van der Waals surface area (Å²) in [7, 11) is 4.90. The van der Waals surface area contributed by atoms with Crippen LogP contribution in [0.4, 0.5) is 8.78 Å². The average Bonchev–Trinajstić information content (AvgIpc) is 2.57. The largest absolute Gasteiger partial charge is 0.495 e. The summed E-state index contributed by atoms with van der Waals surface area (Å²) in [5.41, 5.74) is 0.434. The van der Waals surface area contributed by atoms with E-state index >= 15 is 0 Å². The normalized spacial score (nSPS) is 12.1. The van der Waals surface area contributed by atoms with E-state index in [9.17, 15) is 13.6 Å². The molecule has 0 radical (unpaired) electrons. The van der Waals surface area contributed by atoms with Crippen LogP contribution >= 0.6 is 0 Å². The van der Waals surface area contributed by atoms with Crippen molar-refractivity contribution in [3.05, 3.63) is 59.4 Å². The number of carbonyl (C=O) groups excluding carboxylic acids is 1. The van der Waals surface area contributed by atoms with Gasteiger partial charge in [-0.15, -0.1) is 0 Å². The molecule has 0 saturated heterocycles. The molecule has 25 heavy (non-hydrogen) atoms. The first-order chi connectivity index (χ1) is 11.9. The predicted molar refractivity (Wildman–Crippen MR) is 90.3 cm³/mol. The molecule has 1 N–H and O–H groups in total. The minimum absolute atomic E-state index is 0.0178. The van der Waals surface area contributed by atoms with Crippen LogP contribution in [0.1, 0.15) is 17.3 Å². The number of nitrogens with zero attached hydrogens (tertiary/aromatic N) is 2. The molecule has 7 heteroatoms. The van der Waals surface area contributed by atoms with Crippen molar-refractivity contribution in [2.75, 3.05) is 27.7 Å². The topological polar surface area (TPSA) is 54.5 Å². The van der Waals surface area contributed by atoms with Gasteiger partial charge < -0.3 is 15.0 Å². The number of carbonyl (C=O) groups is 1. The maximum atomic E-state index is 14.0. The summed E-state index contributed by atoms with van der Waals surface area (Å²) in [4.78, 5) is 18.0. The molecule has 1 unspecified atom stereocenters. The van der Waals surface area contributed by atoms with Crippen LogP contribution in [0.2, 0.25) is 0 Å². The fourth-order valence-electron chi connectivity index (χ4n) is 2.54. The van der Waals surface area contributed by atoms with Gasteiger partial charge in [-0.05, 0) is 38.4 Å². The van der Waals surface area contributed by atoms with Crippen molar-refractivity contribution < 1.29 is 18.3 Å². The van der Waals surface area contributed by atoms with Crippen LogP contribution in [0.5, 0.6) is 5.75 Å². The van der Waals surface area contributed by atoms with E-state index in [4.69, 9.17) is 4.74 Å². The van der Waals surface area contributed by atoms with Gasteiger partial charge in [0.25, 0.3) is 0 Å². The zero-order chi connectivity index (χ0) is 18.4. The number of methoxy groups -OCH3 is 1. The van der Waals surface area contributed by atoms with Crippen LogP contribution in [-0.4, -0.2) is 43.5 Å². The van der Waals surface area contributed by atoms with Crippen molar-refractivity contribution in [3.8, 4) is 5.75 Å². The van der Waals surface area contributed by atoms with Gasteiger partial charge in [0.1, 0.15) is 17.4 Å². The minimum atomic E-state index is -0.639. The predicted octanol–water partition coefficient (Wildman–Crippen LogP) is 2.33. The molecule has 0 aliphatic rings. The molecule has 1 heterocycles. The number of ether oxygens (including phenoxy) is 1. The molecular formula is C18H21F2N3O2. The van der Waals surface area contributed by atoms with E-state index in [2.05, 4.69) is 10.3 Å². The summed E-state index contributed by atoms with van der Waals surface area (Å²) >= 11 is 0. The highest BCUT2D eigenvalue weighted by Gasteiger charge is 2.23. The number of likely N-dealkylation sites (N-methyl/N-ethyl adjacent to an activating group) is 1. The van der Waals surface area contributed by atoms with Crippen molar-refractivity contribution in [1.82, 2.24) is 15.2 Å². The number of hydrogen-bond donors (Lipinski definition) is 1.